The summed E-state index contributed by atoms with van der Waals surface area (Å²) < 4.78 is 6.65. The van der Waals surface area contributed by atoms with Gasteiger partial charge in [0.05, 0.1) is 0 Å². The van der Waals surface area contributed by atoms with E-state index in [4.69, 9.17) is 19.4 Å². The molecule has 8 rings (SSSR count). The molecule has 0 amide bonds. The van der Waals surface area contributed by atoms with Crippen molar-refractivity contribution in [3.63, 3.8) is 0 Å². The third-order valence-electron chi connectivity index (χ3n) is 7.40. The molecular formula is C36H22N4O. The summed E-state index contributed by atoms with van der Waals surface area (Å²) in [6, 6.07) is 40.8. The molecule has 0 spiro atoms. The van der Waals surface area contributed by atoms with Gasteiger partial charge in [-0.25, -0.2) is 15.0 Å². The zero-order valence-electron chi connectivity index (χ0n) is 21.9. The molecule has 41 heavy (non-hydrogen) atoms. The molecule has 0 N–H and O–H groups in total. The van der Waals surface area contributed by atoms with Gasteiger partial charge in [0.1, 0.15) is 11.2 Å². The third-order valence-corrected chi connectivity index (χ3v) is 7.40. The minimum Gasteiger partial charge on any atom is -0.455 e. The van der Waals surface area contributed by atoms with Crippen LogP contribution in [0.3, 0.4) is 0 Å². The summed E-state index contributed by atoms with van der Waals surface area (Å²) in [6.07, 6.45) is 3.69. The van der Waals surface area contributed by atoms with Crippen LogP contribution in [-0.4, -0.2) is 19.9 Å². The number of aromatic nitrogens is 4. The van der Waals surface area contributed by atoms with E-state index >= 15 is 0 Å². The van der Waals surface area contributed by atoms with Crippen molar-refractivity contribution in [3.8, 4) is 45.3 Å². The van der Waals surface area contributed by atoms with E-state index in [1.54, 1.807) is 6.20 Å². The van der Waals surface area contributed by atoms with Gasteiger partial charge in [-0.15, -0.1) is 0 Å². The molecule has 8 aromatic rings. The molecule has 0 atom stereocenters. The number of hydrogen-bond donors (Lipinski definition) is 0. The number of benzene rings is 5. The van der Waals surface area contributed by atoms with Crippen LogP contribution in [0.25, 0.3) is 78.0 Å². The monoisotopic (exact) mass is 526 g/mol. The van der Waals surface area contributed by atoms with Gasteiger partial charge in [0.15, 0.2) is 17.5 Å². The highest BCUT2D eigenvalue weighted by Crippen LogP contribution is 2.42. The van der Waals surface area contributed by atoms with E-state index in [0.717, 1.165) is 60.5 Å². The minimum atomic E-state index is 0.594. The van der Waals surface area contributed by atoms with Gasteiger partial charge in [0.25, 0.3) is 0 Å². The zero-order chi connectivity index (χ0) is 27.2. The highest BCUT2D eigenvalue weighted by Gasteiger charge is 2.21. The van der Waals surface area contributed by atoms with Crippen molar-refractivity contribution in [1.29, 1.82) is 0 Å². The Morgan fingerprint density at radius 2 is 1.07 bits per heavy atom. The van der Waals surface area contributed by atoms with E-state index in [2.05, 4.69) is 41.4 Å². The highest BCUT2D eigenvalue weighted by atomic mass is 16.3. The summed E-state index contributed by atoms with van der Waals surface area (Å²) in [6.45, 7) is 0. The summed E-state index contributed by atoms with van der Waals surface area (Å²) in [5, 5.41) is 4.09. The summed E-state index contributed by atoms with van der Waals surface area (Å²) in [5.41, 5.74) is 6.46. The lowest BCUT2D eigenvalue weighted by atomic mass is 9.97. The molecule has 5 aromatic carbocycles. The fourth-order valence-electron chi connectivity index (χ4n) is 5.42. The lowest BCUT2D eigenvalue weighted by Crippen LogP contribution is -2.00. The number of fused-ring (bicyclic) bond motifs is 4. The fraction of sp³-hybridized carbons (Fsp3) is 0. The fourth-order valence-corrected chi connectivity index (χ4v) is 5.42. The molecule has 0 aliphatic heterocycles. The average molecular weight is 527 g/mol. The van der Waals surface area contributed by atoms with Crippen LogP contribution in [0.1, 0.15) is 0 Å². The average Bonchev–Trinajstić information content (AvgIpc) is 3.42. The Morgan fingerprint density at radius 1 is 0.488 bits per heavy atom. The SMILES string of the molecule is c1ccc(-c2nc(-c3ccccc3)nc(-c3ccc(-c4ccccc4)c4oc5cc6ccncc6cc5c34)n2)cc1. The van der Waals surface area contributed by atoms with Crippen LogP contribution in [-0.2, 0) is 0 Å². The van der Waals surface area contributed by atoms with Crippen LogP contribution < -0.4 is 0 Å². The number of rotatable bonds is 4. The molecule has 5 nitrogen and oxygen atoms in total. The maximum Gasteiger partial charge on any atom is 0.164 e. The molecule has 0 unspecified atom stereocenters. The largest absolute Gasteiger partial charge is 0.455 e. The molecule has 0 radical (unpaired) electrons. The number of nitrogens with zero attached hydrogens (tertiary/aromatic N) is 4. The van der Waals surface area contributed by atoms with Crippen molar-refractivity contribution in [2.75, 3.05) is 0 Å². The third kappa shape index (κ3) is 4.03. The van der Waals surface area contributed by atoms with Crippen LogP contribution in [0.2, 0.25) is 0 Å². The first-order chi connectivity index (χ1) is 20.3. The van der Waals surface area contributed by atoms with Crippen LogP contribution >= 0.6 is 0 Å². The van der Waals surface area contributed by atoms with Gasteiger partial charge in [-0.1, -0.05) is 91.0 Å². The Kier molecular flexibility index (Phi) is 5.38. The van der Waals surface area contributed by atoms with Gasteiger partial charge in [0.2, 0.25) is 0 Å². The molecule has 0 saturated carbocycles. The Bertz CT molecular complexity index is 2130. The number of furan rings is 1. The Hall–Kier alpha value is -5.68. The molecule has 0 aliphatic carbocycles. The van der Waals surface area contributed by atoms with Gasteiger partial charge in [-0.2, -0.15) is 0 Å². The smallest absolute Gasteiger partial charge is 0.164 e. The first-order valence-electron chi connectivity index (χ1n) is 13.5. The van der Waals surface area contributed by atoms with Crippen molar-refractivity contribution in [2.24, 2.45) is 0 Å². The molecule has 192 valence electrons. The van der Waals surface area contributed by atoms with Crippen LogP contribution in [0.5, 0.6) is 0 Å². The van der Waals surface area contributed by atoms with E-state index in [0.29, 0.717) is 17.5 Å². The molecular weight excluding hydrogens is 504 g/mol. The Morgan fingerprint density at radius 3 is 1.73 bits per heavy atom. The number of hydrogen-bond acceptors (Lipinski definition) is 5. The topological polar surface area (TPSA) is 64.7 Å². The van der Waals surface area contributed by atoms with Crippen LogP contribution in [0.4, 0.5) is 0 Å². The summed E-state index contributed by atoms with van der Waals surface area (Å²) >= 11 is 0. The highest BCUT2D eigenvalue weighted by molar-refractivity contribution is 6.18. The minimum absolute atomic E-state index is 0.594. The summed E-state index contributed by atoms with van der Waals surface area (Å²) in [4.78, 5) is 19.3. The predicted molar refractivity (Wildman–Crippen MR) is 164 cm³/mol. The van der Waals surface area contributed by atoms with Crippen LogP contribution in [0, 0.1) is 0 Å². The Labute approximate surface area is 235 Å². The second-order valence-corrected chi connectivity index (χ2v) is 9.94. The molecule has 3 aromatic heterocycles. The summed E-state index contributed by atoms with van der Waals surface area (Å²) in [5.74, 6) is 1.84. The standard InChI is InChI=1S/C36H22N4O/c1-4-10-23(11-5-1)28-16-17-29(32-30-20-27-22-37-19-18-26(27)21-31(30)41-33(28)32)36-39-34(24-12-6-2-7-13-24)38-35(40-36)25-14-8-3-9-15-25/h1-22H. The second-order valence-electron chi connectivity index (χ2n) is 9.94. The number of pyridine rings is 1. The second kappa shape index (κ2) is 9.50. The molecule has 5 heteroatoms. The van der Waals surface area contributed by atoms with Crippen molar-refractivity contribution < 1.29 is 4.42 Å². The van der Waals surface area contributed by atoms with E-state index in [1.807, 2.05) is 91.1 Å². The van der Waals surface area contributed by atoms with Crippen molar-refractivity contribution in [1.82, 2.24) is 19.9 Å². The maximum atomic E-state index is 6.65. The van der Waals surface area contributed by atoms with Crippen molar-refractivity contribution in [2.45, 2.75) is 0 Å². The lowest BCUT2D eigenvalue weighted by molar-refractivity contribution is 0.670. The van der Waals surface area contributed by atoms with Gasteiger partial charge in [-0.3, -0.25) is 4.98 Å². The molecule has 0 aliphatic rings. The first kappa shape index (κ1) is 23.2. The quantitative estimate of drug-likeness (QED) is 0.229. The van der Waals surface area contributed by atoms with Crippen LogP contribution in [0.15, 0.2) is 138 Å². The molecule has 3 heterocycles. The van der Waals surface area contributed by atoms with E-state index in [-0.39, 0.29) is 0 Å². The van der Waals surface area contributed by atoms with E-state index in [9.17, 15) is 0 Å². The van der Waals surface area contributed by atoms with E-state index in [1.165, 1.54) is 0 Å². The van der Waals surface area contributed by atoms with Gasteiger partial charge in [-0.05, 0) is 41.3 Å². The Balaban J connectivity index is 1.46. The molecule has 0 saturated heterocycles. The van der Waals surface area contributed by atoms with E-state index < -0.39 is 0 Å². The predicted octanol–water partition coefficient (Wildman–Crippen LogP) is 8.99. The van der Waals surface area contributed by atoms with Crippen molar-refractivity contribution in [3.05, 3.63) is 134 Å². The molecule has 0 fully saturated rings. The lowest BCUT2D eigenvalue weighted by Gasteiger charge is -2.11. The van der Waals surface area contributed by atoms with Crippen molar-refractivity contribution >= 4 is 32.7 Å². The zero-order valence-corrected chi connectivity index (χ0v) is 21.9. The molecule has 0 bridgehead atoms. The maximum absolute atomic E-state index is 6.65. The van der Waals surface area contributed by atoms with Gasteiger partial charge < -0.3 is 4.42 Å². The normalized spacial score (nSPS) is 11.4. The van der Waals surface area contributed by atoms with Gasteiger partial charge >= 0.3 is 0 Å². The first-order valence-corrected chi connectivity index (χ1v) is 13.5. The van der Waals surface area contributed by atoms with Gasteiger partial charge in [0, 0.05) is 50.8 Å². The summed E-state index contributed by atoms with van der Waals surface area (Å²) in [7, 11) is 0.